The lowest BCUT2D eigenvalue weighted by molar-refractivity contribution is 0.0718. The van der Waals surface area contributed by atoms with E-state index < -0.39 is 6.10 Å². The maximum absolute atomic E-state index is 12.5. The van der Waals surface area contributed by atoms with E-state index >= 15 is 0 Å². The Balaban J connectivity index is 1.85. The summed E-state index contributed by atoms with van der Waals surface area (Å²) in [5.74, 6) is -0.0900. The van der Waals surface area contributed by atoms with Crippen LogP contribution in [0.15, 0.2) is 30.5 Å². The first-order valence-electron chi connectivity index (χ1n) is 7.20. The minimum Gasteiger partial charge on any atom is -0.391 e. The van der Waals surface area contributed by atoms with Crippen LogP contribution >= 0.6 is 0 Å². The summed E-state index contributed by atoms with van der Waals surface area (Å²) in [6.07, 6.45) is 5.19. The molecule has 1 heterocycles. The molecule has 1 saturated carbocycles. The molecule has 0 saturated heterocycles. The first-order valence-corrected chi connectivity index (χ1v) is 7.20. The monoisotopic (exact) mass is 272 g/mol. The van der Waals surface area contributed by atoms with Crippen molar-refractivity contribution in [1.29, 1.82) is 0 Å². The maximum atomic E-state index is 12.5. The van der Waals surface area contributed by atoms with E-state index in [9.17, 15) is 9.90 Å². The van der Waals surface area contributed by atoms with Crippen LogP contribution in [0.25, 0.3) is 10.9 Å². The first kappa shape index (κ1) is 13.2. The maximum Gasteiger partial charge on any atom is 0.253 e. The van der Waals surface area contributed by atoms with Gasteiger partial charge in [0.15, 0.2) is 0 Å². The van der Waals surface area contributed by atoms with Crippen molar-refractivity contribution in [2.24, 2.45) is 7.05 Å². The molecule has 2 N–H and O–H groups in total. The molecular weight excluding hydrogens is 252 g/mol. The van der Waals surface area contributed by atoms with Crippen molar-refractivity contribution in [3.05, 3.63) is 36.0 Å². The molecule has 3 rings (SSSR count). The third-order valence-electron chi connectivity index (χ3n) is 4.19. The molecule has 1 amide bonds. The number of carbonyl (C=O) groups is 1. The smallest absolute Gasteiger partial charge is 0.253 e. The summed E-state index contributed by atoms with van der Waals surface area (Å²) < 4.78 is 1.96. The molecule has 1 aromatic heterocycles. The van der Waals surface area contributed by atoms with Crippen molar-refractivity contribution in [1.82, 2.24) is 9.88 Å². The number of carbonyl (C=O) groups excluding carboxylic acids is 1. The SMILES string of the molecule is Cn1cc(C(=O)N[C@@H]2CCCC[C@H]2O)c2ccccc21. The quantitative estimate of drug-likeness (QED) is 0.880. The van der Waals surface area contributed by atoms with Crippen molar-refractivity contribution < 1.29 is 9.90 Å². The van der Waals surface area contributed by atoms with E-state index in [1.54, 1.807) is 0 Å². The Morgan fingerprint density at radius 1 is 1.30 bits per heavy atom. The second-order valence-electron chi connectivity index (χ2n) is 5.60. The van der Waals surface area contributed by atoms with Crippen LogP contribution in [0.2, 0.25) is 0 Å². The van der Waals surface area contributed by atoms with Gasteiger partial charge in [0.25, 0.3) is 5.91 Å². The molecule has 0 unspecified atom stereocenters. The number of fused-ring (bicyclic) bond motifs is 1. The number of aryl methyl sites for hydroxylation is 1. The third kappa shape index (κ3) is 2.31. The van der Waals surface area contributed by atoms with Gasteiger partial charge in [0, 0.05) is 24.1 Å². The van der Waals surface area contributed by atoms with Crippen molar-refractivity contribution >= 4 is 16.8 Å². The molecule has 0 bridgehead atoms. The molecule has 1 aliphatic rings. The summed E-state index contributed by atoms with van der Waals surface area (Å²) in [6, 6.07) is 7.75. The highest BCUT2D eigenvalue weighted by molar-refractivity contribution is 6.07. The molecule has 106 valence electrons. The van der Waals surface area contributed by atoms with Crippen molar-refractivity contribution in [3.63, 3.8) is 0 Å². The van der Waals surface area contributed by atoms with Crippen LogP contribution in [0, 0.1) is 0 Å². The Morgan fingerprint density at radius 2 is 2.05 bits per heavy atom. The molecule has 2 aromatic rings. The van der Waals surface area contributed by atoms with Crippen LogP contribution in [0.1, 0.15) is 36.0 Å². The van der Waals surface area contributed by atoms with Gasteiger partial charge < -0.3 is 15.0 Å². The number of hydrogen-bond acceptors (Lipinski definition) is 2. The van der Waals surface area contributed by atoms with Crippen molar-refractivity contribution in [2.75, 3.05) is 0 Å². The normalized spacial score (nSPS) is 22.9. The second-order valence-corrected chi connectivity index (χ2v) is 5.60. The van der Waals surface area contributed by atoms with Gasteiger partial charge in [0.2, 0.25) is 0 Å². The number of nitrogens with one attached hydrogen (secondary N) is 1. The van der Waals surface area contributed by atoms with Crippen LogP contribution in [-0.2, 0) is 7.05 Å². The average Bonchev–Trinajstić information content (AvgIpc) is 2.79. The molecule has 1 aliphatic carbocycles. The van der Waals surface area contributed by atoms with E-state index in [0.29, 0.717) is 5.56 Å². The van der Waals surface area contributed by atoms with Gasteiger partial charge in [-0.15, -0.1) is 0 Å². The van der Waals surface area contributed by atoms with Gasteiger partial charge in [-0.1, -0.05) is 31.0 Å². The number of rotatable bonds is 2. The largest absolute Gasteiger partial charge is 0.391 e. The fourth-order valence-electron chi connectivity index (χ4n) is 3.05. The van der Waals surface area contributed by atoms with Crippen LogP contribution in [0.5, 0.6) is 0 Å². The van der Waals surface area contributed by atoms with E-state index in [1.807, 2.05) is 42.1 Å². The zero-order valence-corrected chi connectivity index (χ0v) is 11.7. The number of aliphatic hydroxyl groups excluding tert-OH is 1. The first-order chi connectivity index (χ1) is 9.66. The zero-order chi connectivity index (χ0) is 14.1. The lowest BCUT2D eigenvalue weighted by Gasteiger charge is -2.28. The van der Waals surface area contributed by atoms with Gasteiger partial charge in [-0.3, -0.25) is 4.79 Å². The highest BCUT2D eigenvalue weighted by Gasteiger charge is 2.25. The number of benzene rings is 1. The van der Waals surface area contributed by atoms with E-state index in [1.165, 1.54) is 0 Å². The summed E-state index contributed by atoms with van der Waals surface area (Å²) in [6.45, 7) is 0. The van der Waals surface area contributed by atoms with Crippen LogP contribution in [-0.4, -0.2) is 27.7 Å². The number of nitrogens with zero attached hydrogens (tertiary/aromatic N) is 1. The Hall–Kier alpha value is -1.81. The lowest BCUT2D eigenvalue weighted by atomic mass is 9.92. The summed E-state index contributed by atoms with van der Waals surface area (Å²) in [7, 11) is 1.94. The van der Waals surface area contributed by atoms with Crippen LogP contribution in [0.3, 0.4) is 0 Å². The van der Waals surface area contributed by atoms with Gasteiger partial charge in [-0.05, 0) is 18.9 Å². The molecule has 0 spiro atoms. The van der Waals surface area contributed by atoms with E-state index in [2.05, 4.69) is 5.32 Å². The summed E-state index contributed by atoms with van der Waals surface area (Å²) in [4.78, 5) is 12.5. The topological polar surface area (TPSA) is 54.3 Å². The molecular formula is C16H20N2O2. The molecule has 1 aromatic carbocycles. The number of aliphatic hydroxyl groups is 1. The predicted molar refractivity (Wildman–Crippen MR) is 78.6 cm³/mol. The Bertz CT molecular complexity index is 632. The van der Waals surface area contributed by atoms with Gasteiger partial charge in [0.05, 0.1) is 17.7 Å². The van der Waals surface area contributed by atoms with Crippen molar-refractivity contribution in [2.45, 2.75) is 37.8 Å². The molecule has 2 atom stereocenters. The fraction of sp³-hybridized carbons (Fsp3) is 0.438. The van der Waals surface area contributed by atoms with Gasteiger partial charge in [-0.2, -0.15) is 0 Å². The average molecular weight is 272 g/mol. The van der Waals surface area contributed by atoms with Gasteiger partial charge in [-0.25, -0.2) is 0 Å². The molecule has 20 heavy (non-hydrogen) atoms. The summed E-state index contributed by atoms with van der Waals surface area (Å²) >= 11 is 0. The highest BCUT2D eigenvalue weighted by Crippen LogP contribution is 2.22. The second kappa shape index (κ2) is 5.29. The number of aromatic nitrogens is 1. The van der Waals surface area contributed by atoms with Crippen molar-refractivity contribution in [3.8, 4) is 0 Å². The standard InChI is InChI=1S/C16H20N2O2/c1-18-10-12(11-6-2-4-8-14(11)18)16(20)17-13-7-3-5-9-15(13)19/h2,4,6,8,10,13,15,19H,3,5,7,9H2,1H3,(H,17,20)/t13-,15-/m1/s1. The summed E-state index contributed by atoms with van der Waals surface area (Å²) in [5, 5.41) is 13.9. The number of amides is 1. The lowest BCUT2D eigenvalue weighted by Crippen LogP contribution is -2.45. The van der Waals surface area contributed by atoms with E-state index in [0.717, 1.165) is 36.6 Å². The van der Waals surface area contributed by atoms with Gasteiger partial charge >= 0.3 is 0 Å². The minimum atomic E-state index is -0.414. The van der Waals surface area contributed by atoms with Gasteiger partial charge in [0.1, 0.15) is 0 Å². The minimum absolute atomic E-state index is 0.0900. The fourth-order valence-corrected chi connectivity index (χ4v) is 3.05. The van der Waals surface area contributed by atoms with E-state index in [4.69, 9.17) is 0 Å². The third-order valence-corrected chi connectivity index (χ3v) is 4.19. The molecule has 4 nitrogen and oxygen atoms in total. The Kier molecular flexibility index (Phi) is 3.49. The van der Waals surface area contributed by atoms with Crippen LogP contribution < -0.4 is 5.32 Å². The Morgan fingerprint density at radius 3 is 2.85 bits per heavy atom. The highest BCUT2D eigenvalue weighted by atomic mass is 16.3. The van der Waals surface area contributed by atoms with E-state index in [-0.39, 0.29) is 11.9 Å². The molecule has 1 fully saturated rings. The van der Waals surface area contributed by atoms with Crippen LogP contribution in [0.4, 0.5) is 0 Å². The Labute approximate surface area is 118 Å². The molecule has 0 radical (unpaired) electrons. The molecule has 4 heteroatoms. The predicted octanol–water partition coefficient (Wildman–Crippen LogP) is 2.21. The molecule has 0 aliphatic heterocycles. The summed E-state index contributed by atoms with van der Waals surface area (Å²) in [5.41, 5.74) is 1.72. The number of hydrogen-bond donors (Lipinski definition) is 2. The zero-order valence-electron chi connectivity index (χ0n) is 11.7. The number of para-hydroxylation sites is 1.